The predicted octanol–water partition coefficient (Wildman–Crippen LogP) is 2.83. The van der Waals surface area contributed by atoms with Crippen molar-refractivity contribution in [1.29, 1.82) is 0 Å². The van der Waals surface area contributed by atoms with Crippen LogP contribution in [0.1, 0.15) is 18.4 Å². The monoisotopic (exact) mass is 228 g/mol. The molecule has 0 aromatic heterocycles. The Hall–Kier alpha value is -1.16. The van der Waals surface area contributed by atoms with E-state index in [1.54, 1.807) is 6.92 Å². The van der Waals surface area contributed by atoms with E-state index >= 15 is 0 Å². The first-order valence-corrected chi connectivity index (χ1v) is 5.37. The smallest absolute Gasteiger partial charge is 0.168 e. The van der Waals surface area contributed by atoms with Gasteiger partial charge in [0, 0.05) is 18.9 Å². The molecule has 88 valence electrons. The number of halogens is 2. The molecule has 1 heterocycles. The van der Waals surface area contributed by atoms with Crippen molar-refractivity contribution in [3.8, 4) is 5.75 Å². The largest absolute Gasteiger partial charge is 0.487 e. The highest BCUT2D eigenvalue weighted by atomic mass is 19.1. The Bertz CT molecular complexity index is 350. The summed E-state index contributed by atoms with van der Waals surface area (Å²) in [4.78, 5) is 0. The van der Waals surface area contributed by atoms with Crippen molar-refractivity contribution in [2.24, 2.45) is 0 Å². The third-order valence-corrected chi connectivity index (χ3v) is 2.65. The van der Waals surface area contributed by atoms with Crippen LogP contribution >= 0.6 is 0 Å². The van der Waals surface area contributed by atoms with Gasteiger partial charge in [0.1, 0.15) is 11.9 Å². The van der Waals surface area contributed by atoms with Gasteiger partial charge in [-0.1, -0.05) is 0 Å². The van der Waals surface area contributed by atoms with Crippen LogP contribution in [-0.4, -0.2) is 19.3 Å². The van der Waals surface area contributed by atoms with Crippen molar-refractivity contribution in [2.45, 2.75) is 25.9 Å². The van der Waals surface area contributed by atoms with Crippen LogP contribution in [0.3, 0.4) is 0 Å². The quantitative estimate of drug-likeness (QED) is 0.775. The first-order chi connectivity index (χ1) is 7.66. The third kappa shape index (κ3) is 2.50. The highest BCUT2D eigenvalue weighted by molar-refractivity contribution is 5.34. The molecule has 0 atom stereocenters. The summed E-state index contributed by atoms with van der Waals surface area (Å²) < 4.78 is 37.1. The van der Waals surface area contributed by atoms with Crippen LogP contribution in [0.25, 0.3) is 0 Å². The molecule has 1 aliphatic rings. The molecule has 0 spiro atoms. The Morgan fingerprint density at radius 1 is 1.25 bits per heavy atom. The molecule has 1 aromatic carbocycles. The first-order valence-electron chi connectivity index (χ1n) is 5.37. The van der Waals surface area contributed by atoms with Gasteiger partial charge in [0.25, 0.3) is 0 Å². The highest BCUT2D eigenvalue weighted by Gasteiger charge is 2.18. The third-order valence-electron chi connectivity index (χ3n) is 2.65. The van der Waals surface area contributed by atoms with Gasteiger partial charge in [0.05, 0.1) is 13.2 Å². The van der Waals surface area contributed by atoms with Crippen molar-refractivity contribution >= 4 is 0 Å². The fraction of sp³-hybridized carbons (Fsp3) is 0.500. The second-order valence-corrected chi connectivity index (χ2v) is 3.96. The zero-order valence-corrected chi connectivity index (χ0v) is 9.13. The molecular formula is C12H14F2O2. The summed E-state index contributed by atoms with van der Waals surface area (Å²) >= 11 is 0. The SMILES string of the molecule is Cc1cc(F)cc(F)c1OC1CCOCC1. The molecule has 0 N–H and O–H groups in total. The molecule has 2 nitrogen and oxygen atoms in total. The van der Waals surface area contributed by atoms with E-state index in [1.165, 1.54) is 6.07 Å². The van der Waals surface area contributed by atoms with E-state index in [-0.39, 0.29) is 11.9 Å². The average Bonchev–Trinajstić information content (AvgIpc) is 2.25. The molecule has 4 heteroatoms. The van der Waals surface area contributed by atoms with Crippen LogP contribution in [-0.2, 0) is 4.74 Å². The Morgan fingerprint density at radius 3 is 2.56 bits per heavy atom. The molecule has 0 amide bonds. The predicted molar refractivity (Wildman–Crippen MR) is 55.6 cm³/mol. The maximum absolute atomic E-state index is 13.5. The molecule has 1 saturated heterocycles. The number of aryl methyl sites for hydroxylation is 1. The van der Waals surface area contributed by atoms with E-state index in [9.17, 15) is 8.78 Å². The van der Waals surface area contributed by atoms with Gasteiger partial charge in [-0.15, -0.1) is 0 Å². The molecule has 0 bridgehead atoms. The fourth-order valence-electron chi connectivity index (χ4n) is 1.80. The molecule has 2 rings (SSSR count). The normalized spacial score (nSPS) is 17.4. The summed E-state index contributed by atoms with van der Waals surface area (Å²) in [6.45, 7) is 2.90. The lowest BCUT2D eigenvalue weighted by Crippen LogP contribution is -2.26. The first kappa shape index (κ1) is 11.3. The van der Waals surface area contributed by atoms with Gasteiger partial charge >= 0.3 is 0 Å². The molecule has 0 radical (unpaired) electrons. The summed E-state index contributed by atoms with van der Waals surface area (Å²) in [5, 5.41) is 0. The van der Waals surface area contributed by atoms with Gasteiger partial charge in [-0.25, -0.2) is 8.78 Å². The Kier molecular flexibility index (Phi) is 3.39. The highest BCUT2D eigenvalue weighted by Crippen LogP contribution is 2.26. The molecule has 1 fully saturated rings. The molecule has 1 aromatic rings. The maximum atomic E-state index is 13.5. The zero-order valence-electron chi connectivity index (χ0n) is 9.13. The average molecular weight is 228 g/mol. The zero-order chi connectivity index (χ0) is 11.5. The molecular weight excluding hydrogens is 214 g/mol. The van der Waals surface area contributed by atoms with Crippen LogP contribution in [0, 0.1) is 18.6 Å². The summed E-state index contributed by atoms with van der Waals surface area (Å²) in [5.74, 6) is -1.05. The van der Waals surface area contributed by atoms with Crippen LogP contribution in [0.5, 0.6) is 5.75 Å². The van der Waals surface area contributed by atoms with E-state index in [0.717, 1.165) is 18.9 Å². The van der Waals surface area contributed by atoms with Crippen LogP contribution in [0.15, 0.2) is 12.1 Å². The maximum Gasteiger partial charge on any atom is 0.168 e. The number of hydrogen-bond acceptors (Lipinski definition) is 2. The molecule has 1 aliphatic heterocycles. The second kappa shape index (κ2) is 4.78. The lowest BCUT2D eigenvalue weighted by Gasteiger charge is -2.24. The summed E-state index contributed by atoms with van der Waals surface area (Å²) in [6.07, 6.45) is 1.46. The van der Waals surface area contributed by atoms with Gasteiger partial charge in [-0.05, 0) is 18.6 Å². The van der Waals surface area contributed by atoms with Crippen molar-refractivity contribution in [1.82, 2.24) is 0 Å². The van der Waals surface area contributed by atoms with Crippen LogP contribution in [0.2, 0.25) is 0 Å². The van der Waals surface area contributed by atoms with Crippen molar-refractivity contribution in [3.63, 3.8) is 0 Å². The Labute approximate surface area is 93.2 Å². The van der Waals surface area contributed by atoms with Gasteiger partial charge < -0.3 is 9.47 Å². The van der Waals surface area contributed by atoms with Gasteiger partial charge in [-0.3, -0.25) is 0 Å². The van der Waals surface area contributed by atoms with Gasteiger partial charge in [0.15, 0.2) is 11.6 Å². The minimum atomic E-state index is -0.635. The standard InChI is InChI=1S/C12H14F2O2/c1-8-6-9(13)7-11(14)12(8)16-10-2-4-15-5-3-10/h6-7,10H,2-5H2,1H3. The lowest BCUT2D eigenvalue weighted by atomic mass is 10.1. The topological polar surface area (TPSA) is 18.5 Å². The van der Waals surface area contributed by atoms with E-state index < -0.39 is 11.6 Å². The van der Waals surface area contributed by atoms with Gasteiger partial charge in [0.2, 0.25) is 0 Å². The lowest BCUT2D eigenvalue weighted by molar-refractivity contribution is 0.0237. The van der Waals surface area contributed by atoms with Crippen LogP contribution < -0.4 is 4.74 Å². The second-order valence-electron chi connectivity index (χ2n) is 3.96. The summed E-state index contributed by atoms with van der Waals surface area (Å²) in [6, 6.07) is 2.12. The molecule has 16 heavy (non-hydrogen) atoms. The van der Waals surface area contributed by atoms with Crippen LogP contribution in [0.4, 0.5) is 8.78 Å². The summed E-state index contributed by atoms with van der Waals surface area (Å²) in [5.41, 5.74) is 0.490. The van der Waals surface area contributed by atoms with E-state index in [0.29, 0.717) is 18.8 Å². The van der Waals surface area contributed by atoms with Crippen molar-refractivity contribution in [2.75, 3.05) is 13.2 Å². The number of rotatable bonds is 2. The van der Waals surface area contributed by atoms with E-state index in [4.69, 9.17) is 9.47 Å². The molecule has 0 saturated carbocycles. The minimum Gasteiger partial charge on any atom is -0.487 e. The number of benzene rings is 1. The van der Waals surface area contributed by atoms with E-state index in [2.05, 4.69) is 0 Å². The van der Waals surface area contributed by atoms with E-state index in [1.807, 2.05) is 0 Å². The number of hydrogen-bond donors (Lipinski definition) is 0. The number of ether oxygens (including phenoxy) is 2. The van der Waals surface area contributed by atoms with Gasteiger partial charge in [-0.2, -0.15) is 0 Å². The molecule has 0 unspecified atom stereocenters. The fourth-order valence-corrected chi connectivity index (χ4v) is 1.80. The van der Waals surface area contributed by atoms with Crippen molar-refractivity contribution in [3.05, 3.63) is 29.3 Å². The Morgan fingerprint density at radius 2 is 1.94 bits per heavy atom. The molecule has 0 aliphatic carbocycles. The van der Waals surface area contributed by atoms with Crippen molar-refractivity contribution < 1.29 is 18.3 Å². The summed E-state index contributed by atoms with van der Waals surface area (Å²) in [7, 11) is 0. The Balaban J connectivity index is 2.14. The minimum absolute atomic E-state index is 0.0348.